The van der Waals surface area contributed by atoms with Crippen molar-refractivity contribution in [1.29, 1.82) is 0 Å². The van der Waals surface area contributed by atoms with Crippen LogP contribution in [-0.2, 0) is 4.74 Å². The molecule has 2 rings (SSSR count). The molecule has 2 atom stereocenters. The Balaban J connectivity index is 2.01. The molecular formula is C14H20ClNOS. The second kappa shape index (κ2) is 6.80. The van der Waals surface area contributed by atoms with Gasteiger partial charge in [-0.25, -0.2) is 0 Å². The van der Waals surface area contributed by atoms with Crippen LogP contribution >= 0.6 is 23.4 Å². The first-order valence-corrected chi connectivity index (χ1v) is 7.71. The molecule has 0 fully saturated rings. The van der Waals surface area contributed by atoms with Gasteiger partial charge in [0.15, 0.2) is 0 Å². The molecule has 0 radical (unpaired) electrons. The fourth-order valence-electron chi connectivity index (χ4n) is 2.26. The highest BCUT2D eigenvalue weighted by molar-refractivity contribution is 7.99. The third-order valence-corrected chi connectivity index (χ3v) is 4.53. The Morgan fingerprint density at radius 2 is 2.39 bits per heavy atom. The van der Waals surface area contributed by atoms with Crippen LogP contribution in [0.4, 0.5) is 0 Å². The Kier molecular flexibility index (Phi) is 5.37. The maximum atomic E-state index is 6.10. The lowest BCUT2D eigenvalue weighted by Crippen LogP contribution is -2.30. The predicted octanol–water partition coefficient (Wildman–Crippen LogP) is 3.75. The predicted molar refractivity (Wildman–Crippen MR) is 78.6 cm³/mol. The third kappa shape index (κ3) is 3.64. The van der Waals surface area contributed by atoms with Crippen molar-refractivity contribution in [2.75, 3.05) is 26.0 Å². The number of rotatable bonds is 5. The maximum absolute atomic E-state index is 6.10. The lowest BCUT2D eigenvalue weighted by atomic mass is 10.0. The topological polar surface area (TPSA) is 21.3 Å². The average Bonchev–Trinajstić information content (AvgIpc) is 2.36. The van der Waals surface area contributed by atoms with Gasteiger partial charge in [-0.15, -0.1) is 11.8 Å². The molecule has 1 aliphatic heterocycles. The summed E-state index contributed by atoms with van der Waals surface area (Å²) in [4.78, 5) is 1.36. The Morgan fingerprint density at radius 1 is 1.56 bits per heavy atom. The van der Waals surface area contributed by atoms with Gasteiger partial charge in [-0.2, -0.15) is 0 Å². The van der Waals surface area contributed by atoms with Crippen molar-refractivity contribution in [1.82, 2.24) is 5.32 Å². The monoisotopic (exact) mass is 285 g/mol. The summed E-state index contributed by atoms with van der Waals surface area (Å²) in [5, 5.41) is 4.46. The van der Waals surface area contributed by atoms with E-state index in [2.05, 4.69) is 24.4 Å². The van der Waals surface area contributed by atoms with Gasteiger partial charge < -0.3 is 10.1 Å². The second-order valence-corrected chi connectivity index (χ2v) is 6.41. The highest BCUT2D eigenvalue weighted by Gasteiger charge is 2.20. The molecule has 1 aliphatic rings. The van der Waals surface area contributed by atoms with Crippen molar-refractivity contribution in [2.24, 2.45) is 5.92 Å². The largest absolute Gasteiger partial charge is 0.384 e. The average molecular weight is 286 g/mol. The molecular weight excluding hydrogens is 266 g/mol. The summed E-state index contributed by atoms with van der Waals surface area (Å²) >= 11 is 8.02. The van der Waals surface area contributed by atoms with E-state index in [0.29, 0.717) is 12.0 Å². The zero-order valence-electron chi connectivity index (χ0n) is 10.9. The molecule has 4 heteroatoms. The van der Waals surface area contributed by atoms with E-state index in [1.54, 1.807) is 7.11 Å². The Bertz CT molecular complexity index is 399. The van der Waals surface area contributed by atoms with E-state index in [0.717, 1.165) is 24.6 Å². The van der Waals surface area contributed by atoms with Crippen molar-refractivity contribution < 1.29 is 4.74 Å². The molecule has 0 aliphatic carbocycles. The van der Waals surface area contributed by atoms with E-state index in [1.807, 2.05) is 17.8 Å². The van der Waals surface area contributed by atoms with Gasteiger partial charge in [0, 0.05) is 36.2 Å². The molecule has 1 heterocycles. The summed E-state index contributed by atoms with van der Waals surface area (Å²) < 4.78 is 5.17. The van der Waals surface area contributed by atoms with E-state index < -0.39 is 0 Å². The number of thioether (sulfide) groups is 1. The molecule has 0 aromatic heterocycles. The van der Waals surface area contributed by atoms with Crippen LogP contribution in [0.2, 0.25) is 5.02 Å². The van der Waals surface area contributed by atoms with Gasteiger partial charge in [0.05, 0.1) is 0 Å². The summed E-state index contributed by atoms with van der Waals surface area (Å²) in [6, 6.07) is 6.64. The lowest BCUT2D eigenvalue weighted by Gasteiger charge is -2.27. The number of nitrogens with one attached hydrogen (secondary N) is 1. The summed E-state index contributed by atoms with van der Waals surface area (Å²) in [7, 11) is 1.75. The molecule has 2 nitrogen and oxygen atoms in total. The van der Waals surface area contributed by atoms with Gasteiger partial charge in [0.2, 0.25) is 0 Å². The Hall–Kier alpha value is -0.220. The van der Waals surface area contributed by atoms with E-state index >= 15 is 0 Å². The molecule has 100 valence electrons. The van der Waals surface area contributed by atoms with Crippen molar-refractivity contribution in [3.8, 4) is 0 Å². The number of benzene rings is 1. The summed E-state index contributed by atoms with van der Waals surface area (Å²) in [6.07, 6.45) is 1.16. The van der Waals surface area contributed by atoms with Crippen LogP contribution in [-0.4, -0.2) is 26.0 Å². The lowest BCUT2D eigenvalue weighted by molar-refractivity contribution is 0.156. The van der Waals surface area contributed by atoms with Gasteiger partial charge in [-0.3, -0.25) is 0 Å². The van der Waals surface area contributed by atoms with Gasteiger partial charge in [-0.1, -0.05) is 18.5 Å². The zero-order chi connectivity index (χ0) is 13.0. The van der Waals surface area contributed by atoms with E-state index in [1.165, 1.54) is 16.2 Å². The van der Waals surface area contributed by atoms with Crippen molar-refractivity contribution in [3.63, 3.8) is 0 Å². The maximum Gasteiger partial charge on any atom is 0.0499 e. The van der Waals surface area contributed by atoms with Gasteiger partial charge in [0.25, 0.3) is 0 Å². The van der Waals surface area contributed by atoms with Crippen molar-refractivity contribution >= 4 is 23.4 Å². The first-order chi connectivity index (χ1) is 8.70. The minimum absolute atomic E-state index is 0.430. The highest BCUT2D eigenvalue weighted by atomic mass is 35.5. The Morgan fingerprint density at radius 3 is 3.17 bits per heavy atom. The molecule has 18 heavy (non-hydrogen) atoms. The molecule has 2 unspecified atom stereocenters. The molecule has 1 aromatic rings. The number of hydrogen-bond donors (Lipinski definition) is 1. The van der Waals surface area contributed by atoms with Crippen molar-refractivity contribution in [3.05, 3.63) is 28.8 Å². The summed E-state index contributed by atoms with van der Waals surface area (Å²) in [5.74, 6) is 1.71. The smallest absolute Gasteiger partial charge is 0.0499 e. The third-order valence-electron chi connectivity index (χ3n) is 3.18. The fraction of sp³-hybridized carbons (Fsp3) is 0.571. The molecule has 0 saturated carbocycles. The first-order valence-electron chi connectivity index (χ1n) is 6.35. The normalized spacial score (nSPS) is 20.5. The number of methoxy groups -OCH3 is 1. The van der Waals surface area contributed by atoms with Crippen LogP contribution in [0, 0.1) is 5.92 Å². The standard InChI is InChI=1S/C14H20ClNOS/c1-10(9-17-2)8-16-13-5-6-18-14-4-3-11(15)7-12(13)14/h3-4,7,10,13,16H,5-6,8-9H2,1-2H3. The van der Waals surface area contributed by atoms with Crippen LogP contribution in [0.25, 0.3) is 0 Å². The van der Waals surface area contributed by atoms with Gasteiger partial charge in [-0.05, 0) is 41.9 Å². The van der Waals surface area contributed by atoms with Crippen molar-refractivity contribution in [2.45, 2.75) is 24.3 Å². The molecule has 0 spiro atoms. The number of halogens is 1. The molecule has 0 amide bonds. The minimum Gasteiger partial charge on any atom is -0.384 e. The number of hydrogen-bond acceptors (Lipinski definition) is 3. The van der Waals surface area contributed by atoms with E-state index in [4.69, 9.17) is 16.3 Å². The quantitative estimate of drug-likeness (QED) is 0.890. The molecule has 0 saturated heterocycles. The van der Waals surface area contributed by atoms with Crippen LogP contribution in [0.5, 0.6) is 0 Å². The van der Waals surface area contributed by atoms with Gasteiger partial charge >= 0.3 is 0 Å². The molecule has 1 N–H and O–H groups in total. The molecule has 0 bridgehead atoms. The summed E-state index contributed by atoms with van der Waals surface area (Å²) in [6.45, 7) is 3.99. The van der Waals surface area contributed by atoms with Crippen LogP contribution in [0.3, 0.4) is 0 Å². The van der Waals surface area contributed by atoms with E-state index in [9.17, 15) is 0 Å². The van der Waals surface area contributed by atoms with Crippen LogP contribution < -0.4 is 5.32 Å². The SMILES string of the molecule is COCC(C)CNC1CCSc2ccc(Cl)cc21. The van der Waals surface area contributed by atoms with E-state index in [-0.39, 0.29) is 0 Å². The minimum atomic E-state index is 0.430. The Labute approximate surface area is 118 Å². The second-order valence-electron chi connectivity index (χ2n) is 4.84. The fourth-order valence-corrected chi connectivity index (χ4v) is 3.55. The van der Waals surface area contributed by atoms with Gasteiger partial charge in [0.1, 0.15) is 0 Å². The molecule has 1 aromatic carbocycles. The number of ether oxygens (including phenoxy) is 1. The number of fused-ring (bicyclic) bond motifs is 1. The summed E-state index contributed by atoms with van der Waals surface area (Å²) in [5.41, 5.74) is 1.35. The zero-order valence-corrected chi connectivity index (χ0v) is 12.5. The highest BCUT2D eigenvalue weighted by Crippen LogP contribution is 2.37. The van der Waals surface area contributed by atoms with Crippen LogP contribution in [0.1, 0.15) is 24.9 Å². The van der Waals surface area contributed by atoms with Crippen LogP contribution in [0.15, 0.2) is 23.1 Å². The first kappa shape index (κ1) is 14.2.